The zero-order valence-electron chi connectivity index (χ0n) is 14.5. The third-order valence-electron chi connectivity index (χ3n) is 3.74. The van der Waals surface area contributed by atoms with Crippen molar-refractivity contribution in [3.8, 4) is 11.5 Å². The van der Waals surface area contributed by atoms with E-state index in [4.69, 9.17) is 9.47 Å². The van der Waals surface area contributed by atoms with E-state index in [0.717, 1.165) is 0 Å². The number of nitro benzene ring substituents is 1. The molecule has 2 aromatic rings. The maximum absolute atomic E-state index is 12.2. The van der Waals surface area contributed by atoms with E-state index in [1.54, 1.807) is 49.4 Å². The highest BCUT2D eigenvalue weighted by atomic mass is 16.6. The normalized spacial score (nSPS) is 13.4. The quantitative estimate of drug-likeness (QED) is 0.497. The fraction of sp³-hybridized carbons (Fsp3) is 0.158. The predicted molar refractivity (Wildman–Crippen MR) is 100 cm³/mol. The highest BCUT2D eigenvalue weighted by Crippen LogP contribution is 2.30. The van der Waals surface area contributed by atoms with Gasteiger partial charge in [-0.1, -0.05) is 18.2 Å². The van der Waals surface area contributed by atoms with Crippen molar-refractivity contribution in [1.29, 1.82) is 0 Å². The molecular formula is C19H17N3O5. The van der Waals surface area contributed by atoms with E-state index in [-0.39, 0.29) is 11.6 Å². The molecule has 1 amide bonds. The van der Waals surface area contributed by atoms with E-state index >= 15 is 0 Å². The van der Waals surface area contributed by atoms with Crippen LogP contribution in [0.3, 0.4) is 0 Å². The van der Waals surface area contributed by atoms with Crippen molar-refractivity contribution in [3.05, 3.63) is 69.8 Å². The molecule has 138 valence electrons. The zero-order chi connectivity index (χ0) is 19.2. The van der Waals surface area contributed by atoms with E-state index < -0.39 is 4.92 Å². The van der Waals surface area contributed by atoms with Crippen LogP contribution in [0, 0.1) is 10.1 Å². The van der Waals surface area contributed by atoms with Crippen LogP contribution in [-0.2, 0) is 0 Å². The molecule has 8 heteroatoms. The zero-order valence-corrected chi connectivity index (χ0v) is 14.5. The Bertz CT molecular complexity index is 937. The van der Waals surface area contributed by atoms with Gasteiger partial charge in [-0.2, -0.15) is 5.10 Å². The van der Waals surface area contributed by atoms with Gasteiger partial charge in [-0.05, 0) is 36.8 Å². The Labute approximate surface area is 155 Å². The van der Waals surface area contributed by atoms with Crippen molar-refractivity contribution in [2.45, 2.75) is 6.92 Å². The third-order valence-corrected chi connectivity index (χ3v) is 3.74. The van der Waals surface area contributed by atoms with Crippen LogP contribution >= 0.6 is 0 Å². The topological polar surface area (TPSA) is 103 Å². The molecule has 2 aromatic carbocycles. The number of carbonyl (C=O) groups excluding carboxylic acids is 1. The second-order valence-corrected chi connectivity index (χ2v) is 5.74. The summed E-state index contributed by atoms with van der Waals surface area (Å²) < 4.78 is 10.9. The lowest BCUT2D eigenvalue weighted by molar-refractivity contribution is -0.384. The molecule has 1 aliphatic heterocycles. The van der Waals surface area contributed by atoms with E-state index in [1.807, 2.05) is 0 Å². The van der Waals surface area contributed by atoms with Crippen LogP contribution in [0.5, 0.6) is 11.5 Å². The number of carbonyl (C=O) groups is 1. The Morgan fingerprint density at radius 3 is 2.74 bits per heavy atom. The lowest BCUT2D eigenvalue weighted by Gasteiger charge is -2.18. The number of rotatable bonds is 5. The summed E-state index contributed by atoms with van der Waals surface area (Å²) >= 11 is 0. The van der Waals surface area contributed by atoms with Gasteiger partial charge in [0.05, 0.1) is 10.6 Å². The van der Waals surface area contributed by atoms with Gasteiger partial charge in [0.1, 0.15) is 13.2 Å². The summed E-state index contributed by atoms with van der Waals surface area (Å²) in [6.07, 6.45) is 3.34. The number of nitro groups is 1. The van der Waals surface area contributed by atoms with Crippen LogP contribution in [0.15, 0.2) is 53.6 Å². The maximum Gasteiger partial charge on any atom is 0.271 e. The summed E-state index contributed by atoms with van der Waals surface area (Å²) in [7, 11) is 0. The lowest BCUT2D eigenvalue weighted by Crippen LogP contribution is -2.20. The van der Waals surface area contributed by atoms with Crippen molar-refractivity contribution >= 4 is 23.4 Å². The lowest BCUT2D eigenvalue weighted by atomic mass is 10.2. The molecule has 0 fully saturated rings. The molecule has 0 atom stereocenters. The molecule has 0 saturated heterocycles. The summed E-state index contributed by atoms with van der Waals surface area (Å²) in [5.74, 6) is 0.757. The molecule has 0 saturated carbocycles. The number of non-ortho nitro benzene ring substituents is 1. The van der Waals surface area contributed by atoms with Crippen LogP contribution in [0.2, 0.25) is 0 Å². The van der Waals surface area contributed by atoms with Crippen molar-refractivity contribution in [2.75, 3.05) is 13.2 Å². The molecule has 0 spiro atoms. The molecule has 3 rings (SSSR count). The minimum atomic E-state index is -0.453. The first-order valence-electron chi connectivity index (χ1n) is 8.20. The molecule has 0 radical (unpaired) electrons. The fourth-order valence-corrected chi connectivity index (χ4v) is 2.38. The van der Waals surface area contributed by atoms with Gasteiger partial charge in [0.2, 0.25) is 0 Å². The van der Waals surface area contributed by atoms with E-state index in [1.165, 1.54) is 12.1 Å². The molecule has 0 aromatic heterocycles. The predicted octanol–water partition coefficient (Wildman–Crippen LogP) is 3.19. The molecular weight excluding hydrogens is 350 g/mol. The minimum absolute atomic E-state index is 0.0126. The van der Waals surface area contributed by atoms with Crippen LogP contribution < -0.4 is 14.9 Å². The van der Waals surface area contributed by atoms with Gasteiger partial charge >= 0.3 is 0 Å². The van der Waals surface area contributed by atoms with Crippen LogP contribution in [0.4, 0.5) is 5.69 Å². The van der Waals surface area contributed by atoms with Crippen molar-refractivity contribution in [1.82, 2.24) is 5.43 Å². The Morgan fingerprint density at radius 2 is 1.96 bits per heavy atom. The van der Waals surface area contributed by atoms with Gasteiger partial charge < -0.3 is 9.47 Å². The number of nitrogens with zero attached hydrogens (tertiary/aromatic N) is 2. The summed E-state index contributed by atoms with van der Waals surface area (Å²) in [6.45, 7) is 2.63. The number of allylic oxidation sites excluding steroid dienone is 1. The molecule has 0 unspecified atom stereocenters. The van der Waals surface area contributed by atoms with Gasteiger partial charge in [-0.25, -0.2) is 5.43 Å². The summed E-state index contributed by atoms with van der Waals surface area (Å²) in [6, 6.07) is 11.1. The smallest absolute Gasteiger partial charge is 0.271 e. The number of hydrazone groups is 1. The summed E-state index contributed by atoms with van der Waals surface area (Å²) in [4.78, 5) is 22.5. The summed E-state index contributed by atoms with van der Waals surface area (Å²) in [5.41, 5.74) is 4.08. The Hall–Kier alpha value is -3.68. The minimum Gasteiger partial charge on any atom is -0.486 e. The van der Waals surface area contributed by atoms with E-state index in [9.17, 15) is 14.9 Å². The van der Waals surface area contributed by atoms with Gasteiger partial charge in [-0.3, -0.25) is 14.9 Å². The number of benzene rings is 2. The van der Waals surface area contributed by atoms with Gasteiger partial charge in [0.25, 0.3) is 11.6 Å². The standard InChI is InChI=1S/C19H17N3O5/c1-13(5-6-14-3-2-4-16(11-14)22(24)25)20-21-19(23)15-7-8-17-18(12-15)27-10-9-26-17/h2-8,11-12H,9-10H2,1H3,(H,21,23)/b6-5+,20-13-. The SMILES string of the molecule is CC(/C=C/c1cccc([N+](=O)[O-])c1)=N/NC(=O)c1ccc2c(c1)OCCO2. The maximum atomic E-state index is 12.2. The Balaban J connectivity index is 1.64. The monoisotopic (exact) mass is 367 g/mol. The molecule has 1 aliphatic rings. The number of hydrogen-bond donors (Lipinski definition) is 1. The van der Waals surface area contributed by atoms with Crippen LogP contribution in [0.25, 0.3) is 6.08 Å². The second kappa shape index (κ2) is 8.13. The highest BCUT2D eigenvalue weighted by Gasteiger charge is 2.14. The number of hydrogen-bond acceptors (Lipinski definition) is 6. The average Bonchev–Trinajstić information content (AvgIpc) is 2.70. The van der Waals surface area contributed by atoms with Gasteiger partial charge in [0, 0.05) is 17.7 Å². The van der Waals surface area contributed by atoms with Crippen molar-refractivity contribution < 1.29 is 19.2 Å². The molecule has 0 aliphatic carbocycles. The van der Waals surface area contributed by atoms with Gasteiger partial charge in [0.15, 0.2) is 11.5 Å². The molecule has 27 heavy (non-hydrogen) atoms. The molecule has 1 heterocycles. The van der Waals surface area contributed by atoms with E-state index in [0.29, 0.717) is 41.6 Å². The average molecular weight is 367 g/mol. The molecule has 0 bridgehead atoms. The Kier molecular flexibility index (Phi) is 5.46. The number of fused-ring (bicyclic) bond motifs is 1. The molecule has 8 nitrogen and oxygen atoms in total. The highest BCUT2D eigenvalue weighted by molar-refractivity contribution is 5.99. The summed E-state index contributed by atoms with van der Waals surface area (Å²) in [5, 5.41) is 14.8. The number of ether oxygens (including phenoxy) is 2. The van der Waals surface area contributed by atoms with Crippen LogP contribution in [0.1, 0.15) is 22.8 Å². The first kappa shape index (κ1) is 18.1. The Morgan fingerprint density at radius 1 is 1.19 bits per heavy atom. The number of nitrogens with one attached hydrogen (secondary N) is 1. The van der Waals surface area contributed by atoms with Crippen molar-refractivity contribution in [3.63, 3.8) is 0 Å². The van der Waals surface area contributed by atoms with Gasteiger partial charge in [-0.15, -0.1) is 0 Å². The molecule has 1 N–H and O–H groups in total. The largest absolute Gasteiger partial charge is 0.486 e. The van der Waals surface area contributed by atoms with Crippen LogP contribution in [-0.4, -0.2) is 29.8 Å². The van der Waals surface area contributed by atoms with E-state index in [2.05, 4.69) is 10.5 Å². The third kappa shape index (κ3) is 4.69. The first-order chi connectivity index (χ1) is 13.0. The fourth-order valence-electron chi connectivity index (χ4n) is 2.38. The second-order valence-electron chi connectivity index (χ2n) is 5.74. The first-order valence-corrected chi connectivity index (χ1v) is 8.20. The van der Waals surface area contributed by atoms with Crippen molar-refractivity contribution in [2.24, 2.45) is 5.10 Å². The number of amides is 1.